The fraction of sp³-hybridized carbons (Fsp3) is 0.370. The van der Waals surface area contributed by atoms with E-state index in [2.05, 4.69) is 15.0 Å². The van der Waals surface area contributed by atoms with E-state index in [1.165, 1.54) is 18.5 Å². The molecule has 3 heterocycles. The van der Waals surface area contributed by atoms with Crippen LogP contribution >= 0.6 is 0 Å². The Bertz CT molecular complexity index is 1230. The lowest BCUT2D eigenvalue weighted by atomic mass is 9.67. The van der Waals surface area contributed by atoms with E-state index in [1.807, 2.05) is 19.1 Å². The molecule has 0 radical (unpaired) electrons. The maximum absolute atomic E-state index is 13.6. The third-order valence-electron chi connectivity index (χ3n) is 7.18. The topological polar surface area (TPSA) is 76.1 Å². The van der Waals surface area contributed by atoms with Gasteiger partial charge in [-0.05, 0) is 74.9 Å². The number of amides is 1. The van der Waals surface area contributed by atoms with Crippen LogP contribution in [0.3, 0.4) is 0 Å². The fourth-order valence-corrected chi connectivity index (χ4v) is 5.46. The van der Waals surface area contributed by atoms with Crippen molar-refractivity contribution in [1.29, 1.82) is 0 Å². The van der Waals surface area contributed by atoms with Crippen LogP contribution in [0.5, 0.6) is 0 Å². The highest BCUT2D eigenvalue weighted by Crippen LogP contribution is 2.48. The van der Waals surface area contributed by atoms with Crippen molar-refractivity contribution in [2.75, 3.05) is 11.4 Å². The molecule has 1 saturated carbocycles. The number of halogens is 1. The van der Waals surface area contributed by atoms with Crippen molar-refractivity contribution in [3.05, 3.63) is 72.1 Å². The van der Waals surface area contributed by atoms with Gasteiger partial charge in [-0.1, -0.05) is 12.5 Å². The van der Waals surface area contributed by atoms with Crippen molar-refractivity contribution >= 4 is 17.5 Å². The first-order chi connectivity index (χ1) is 16.4. The van der Waals surface area contributed by atoms with Gasteiger partial charge in [0.25, 0.3) is 0 Å². The summed E-state index contributed by atoms with van der Waals surface area (Å²) in [6.45, 7) is 2.48. The molecule has 1 amide bonds. The van der Waals surface area contributed by atoms with Gasteiger partial charge < -0.3 is 0 Å². The molecule has 34 heavy (non-hydrogen) atoms. The molecule has 174 valence electrons. The molecule has 1 aromatic carbocycles. The minimum Gasteiger partial charge on any atom is -0.296 e. The molecule has 0 bridgehead atoms. The molecule has 3 aromatic rings. The van der Waals surface area contributed by atoms with Gasteiger partial charge in [-0.15, -0.1) is 0 Å². The van der Waals surface area contributed by atoms with Crippen LogP contribution < -0.4 is 4.90 Å². The number of hydrogen-bond donors (Lipinski definition) is 0. The van der Waals surface area contributed by atoms with E-state index in [-0.39, 0.29) is 23.4 Å². The molecule has 0 unspecified atom stereocenters. The van der Waals surface area contributed by atoms with Gasteiger partial charge in [0, 0.05) is 30.3 Å². The molecule has 5 rings (SSSR count). The molecule has 6 nitrogen and oxygen atoms in total. The Morgan fingerprint density at radius 2 is 1.97 bits per heavy atom. The van der Waals surface area contributed by atoms with Crippen molar-refractivity contribution < 1.29 is 14.0 Å². The Balaban J connectivity index is 1.31. The molecular weight excluding hydrogens is 431 g/mol. The maximum Gasteiger partial charge on any atom is 0.234 e. The van der Waals surface area contributed by atoms with E-state index in [9.17, 15) is 14.0 Å². The zero-order valence-corrected chi connectivity index (χ0v) is 19.2. The SMILES string of the molecule is Cc1cccc(C(=O)C[C@H]2CCC[C@]3(CCN(c4cc(-c5ccc(F)cc5)ncn4)C3=O)C2)n1. The first-order valence-electron chi connectivity index (χ1n) is 11.8. The second-order valence-corrected chi connectivity index (χ2v) is 9.51. The van der Waals surface area contributed by atoms with Crippen LogP contribution in [-0.2, 0) is 4.79 Å². The molecular formula is C27H27FN4O2. The molecule has 2 fully saturated rings. The number of hydrogen-bond acceptors (Lipinski definition) is 5. The summed E-state index contributed by atoms with van der Waals surface area (Å²) in [6, 6.07) is 13.4. The molecule has 2 atom stereocenters. The van der Waals surface area contributed by atoms with Crippen LogP contribution in [0.4, 0.5) is 10.2 Å². The number of rotatable bonds is 5. The summed E-state index contributed by atoms with van der Waals surface area (Å²) in [4.78, 5) is 41.3. The van der Waals surface area contributed by atoms with E-state index in [0.29, 0.717) is 30.2 Å². The molecule has 7 heteroatoms. The number of ketones is 1. The van der Waals surface area contributed by atoms with Gasteiger partial charge in [0.15, 0.2) is 5.78 Å². The summed E-state index contributed by atoms with van der Waals surface area (Å²) in [5.74, 6) is 0.569. The van der Waals surface area contributed by atoms with Gasteiger partial charge in [0.2, 0.25) is 5.91 Å². The van der Waals surface area contributed by atoms with Crippen LogP contribution in [0.1, 0.15) is 54.7 Å². The van der Waals surface area contributed by atoms with Crippen molar-refractivity contribution in [1.82, 2.24) is 15.0 Å². The Morgan fingerprint density at radius 1 is 1.15 bits per heavy atom. The summed E-state index contributed by atoms with van der Waals surface area (Å²) >= 11 is 0. The van der Waals surface area contributed by atoms with Gasteiger partial charge in [0.1, 0.15) is 23.7 Å². The van der Waals surface area contributed by atoms with Crippen molar-refractivity contribution in [3.8, 4) is 11.3 Å². The largest absolute Gasteiger partial charge is 0.296 e. The molecule has 1 saturated heterocycles. The molecule has 0 N–H and O–H groups in total. The number of Topliss-reactive ketones (excluding diaryl/α,β-unsaturated/α-hetero) is 1. The molecule has 2 aromatic heterocycles. The number of carbonyl (C=O) groups excluding carboxylic acids is 2. The quantitative estimate of drug-likeness (QED) is 0.493. The van der Waals surface area contributed by atoms with Crippen LogP contribution in [0, 0.1) is 24.1 Å². The summed E-state index contributed by atoms with van der Waals surface area (Å²) < 4.78 is 13.3. The first kappa shape index (κ1) is 22.3. The molecule has 1 aliphatic carbocycles. The Morgan fingerprint density at radius 3 is 2.76 bits per heavy atom. The number of pyridine rings is 1. The third kappa shape index (κ3) is 4.34. The predicted molar refractivity (Wildman–Crippen MR) is 127 cm³/mol. The Kier molecular flexibility index (Phi) is 5.94. The minimum absolute atomic E-state index is 0.0489. The number of carbonyl (C=O) groups is 2. The second kappa shape index (κ2) is 9.05. The van der Waals surface area contributed by atoms with Gasteiger partial charge in [-0.2, -0.15) is 0 Å². The smallest absolute Gasteiger partial charge is 0.234 e. The Labute approximate surface area is 198 Å². The average molecular weight is 459 g/mol. The summed E-state index contributed by atoms with van der Waals surface area (Å²) in [5.41, 5.74) is 2.32. The standard InChI is InChI=1S/C27H27FN4O2/c1-18-4-2-6-22(31-18)24(33)14-19-5-3-11-27(16-19)12-13-32(26(27)34)25-15-23(29-17-30-25)20-7-9-21(28)10-8-20/h2,4,6-10,15,17,19H,3,5,11-14,16H2,1H3/t19-,27+/m1/s1. The van der Waals surface area contributed by atoms with Crippen molar-refractivity contribution in [2.24, 2.45) is 11.3 Å². The lowest BCUT2D eigenvalue weighted by Crippen LogP contribution is -2.39. The fourth-order valence-electron chi connectivity index (χ4n) is 5.46. The monoisotopic (exact) mass is 458 g/mol. The van der Waals surface area contributed by atoms with E-state index in [0.717, 1.165) is 43.4 Å². The van der Waals surface area contributed by atoms with E-state index in [4.69, 9.17) is 0 Å². The number of aryl methyl sites for hydroxylation is 1. The summed E-state index contributed by atoms with van der Waals surface area (Å²) in [5, 5.41) is 0. The number of benzene rings is 1. The zero-order valence-electron chi connectivity index (χ0n) is 19.2. The highest BCUT2D eigenvalue weighted by molar-refractivity contribution is 5.99. The zero-order chi connectivity index (χ0) is 23.7. The van der Waals surface area contributed by atoms with Crippen LogP contribution in [0.2, 0.25) is 0 Å². The van der Waals surface area contributed by atoms with Crippen molar-refractivity contribution in [2.45, 2.75) is 45.4 Å². The van der Waals surface area contributed by atoms with E-state index < -0.39 is 5.41 Å². The van der Waals surface area contributed by atoms with Crippen LogP contribution in [-0.4, -0.2) is 33.2 Å². The second-order valence-electron chi connectivity index (χ2n) is 9.51. The normalized spacial score (nSPS) is 22.4. The first-order valence-corrected chi connectivity index (χ1v) is 11.8. The minimum atomic E-state index is -0.440. The number of anilines is 1. The van der Waals surface area contributed by atoms with Gasteiger partial charge >= 0.3 is 0 Å². The summed E-state index contributed by atoms with van der Waals surface area (Å²) in [6.07, 6.45) is 6.08. The third-order valence-corrected chi connectivity index (χ3v) is 7.18. The average Bonchev–Trinajstić information content (AvgIpc) is 3.14. The van der Waals surface area contributed by atoms with Crippen LogP contribution in [0.25, 0.3) is 11.3 Å². The Hall–Kier alpha value is -3.48. The lowest BCUT2D eigenvalue weighted by molar-refractivity contribution is -0.128. The van der Waals surface area contributed by atoms with Gasteiger partial charge in [-0.3, -0.25) is 19.5 Å². The highest BCUT2D eigenvalue weighted by Gasteiger charge is 2.50. The van der Waals surface area contributed by atoms with Gasteiger partial charge in [0.05, 0.1) is 11.1 Å². The molecule has 1 spiro atoms. The predicted octanol–water partition coefficient (Wildman–Crippen LogP) is 5.17. The van der Waals surface area contributed by atoms with E-state index >= 15 is 0 Å². The number of nitrogens with zero attached hydrogens (tertiary/aromatic N) is 4. The maximum atomic E-state index is 13.6. The highest BCUT2D eigenvalue weighted by atomic mass is 19.1. The number of aromatic nitrogens is 3. The van der Waals surface area contributed by atoms with E-state index in [1.54, 1.807) is 29.2 Å². The molecule has 2 aliphatic rings. The molecule has 1 aliphatic heterocycles. The van der Waals surface area contributed by atoms with Crippen molar-refractivity contribution in [3.63, 3.8) is 0 Å². The lowest BCUT2D eigenvalue weighted by Gasteiger charge is -2.36. The summed E-state index contributed by atoms with van der Waals surface area (Å²) in [7, 11) is 0. The van der Waals surface area contributed by atoms with Crippen LogP contribution in [0.15, 0.2) is 54.9 Å². The van der Waals surface area contributed by atoms with Gasteiger partial charge in [-0.25, -0.2) is 14.4 Å².